The van der Waals surface area contributed by atoms with Crippen molar-refractivity contribution in [3.05, 3.63) is 77.5 Å². The first-order chi connectivity index (χ1) is 12.6. The van der Waals surface area contributed by atoms with E-state index >= 15 is 0 Å². The zero-order chi connectivity index (χ0) is 18.3. The number of halogens is 2. The minimum atomic E-state index is -0.885. The molecule has 0 radical (unpaired) electrons. The number of hydrogen-bond acceptors (Lipinski definition) is 3. The number of ether oxygens (including phenoxy) is 1. The Hall–Kier alpha value is -3.28. The van der Waals surface area contributed by atoms with Gasteiger partial charge < -0.3 is 9.30 Å². The molecule has 0 aliphatic rings. The van der Waals surface area contributed by atoms with E-state index in [1.165, 1.54) is 19.4 Å². The van der Waals surface area contributed by atoms with Gasteiger partial charge in [0.1, 0.15) is 5.65 Å². The molecule has 0 bridgehead atoms. The largest absolute Gasteiger partial charge is 0.465 e. The third-order valence-corrected chi connectivity index (χ3v) is 4.35. The smallest absolute Gasteiger partial charge is 0.339 e. The number of para-hydroxylation sites is 1. The highest BCUT2D eigenvalue weighted by Gasteiger charge is 2.15. The quantitative estimate of drug-likeness (QED) is 0.516. The molecule has 4 rings (SSSR count). The number of rotatable bonds is 3. The van der Waals surface area contributed by atoms with Crippen LogP contribution in [-0.2, 0) is 11.3 Å². The molecule has 0 fully saturated rings. The van der Waals surface area contributed by atoms with E-state index in [2.05, 4.69) is 4.98 Å². The van der Waals surface area contributed by atoms with Crippen LogP contribution in [0.25, 0.3) is 21.9 Å². The fourth-order valence-electron chi connectivity index (χ4n) is 3.13. The summed E-state index contributed by atoms with van der Waals surface area (Å²) in [6.45, 7) is 0.325. The summed E-state index contributed by atoms with van der Waals surface area (Å²) in [5.41, 5.74) is 2.52. The number of aromatic nitrogens is 2. The van der Waals surface area contributed by atoms with Crippen LogP contribution in [0.15, 0.2) is 54.7 Å². The first-order valence-electron chi connectivity index (χ1n) is 7.97. The molecule has 2 aromatic carbocycles. The van der Waals surface area contributed by atoms with Gasteiger partial charge in [0.25, 0.3) is 0 Å². The molecule has 0 saturated carbocycles. The summed E-state index contributed by atoms with van der Waals surface area (Å²) in [4.78, 5) is 16.2. The summed E-state index contributed by atoms with van der Waals surface area (Å²) in [6.07, 6.45) is 1.45. The zero-order valence-corrected chi connectivity index (χ0v) is 13.9. The van der Waals surface area contributed by atoms with Crippen molar-refractivity contribution in [2.45, 2.75) is 6.54 Å². The molecule has 130 valence electrons. The van der Waals surface area contributed by atoms with Crippen molar-refractivity contribution in [1.82, 2.24) is 9.55 Å². The number of carbonyl (C=O) groups excluding carboxylic acids is 1. The Morgan fingerprint density at radius 2 is 1.88 bits per heavy atom. The van der Waals surface area contributed by atoms with Crippen molar-refractivity contribution in [2.75, 3.05) is 7.11 Å². The van der Waals surface area contributed by atoms with Gasteiger partial charge in [0, 0.05) is 23.5 Å². The molecule has 2 heterocycles. The molecule has 2 aromatic heterocycles. The molecule has 0 amide bonds. The molecule has 4 nitrogen and oxygen atoms in total. The van der Waals surface area contributed by atoms with Gasteiger partial charge in [-0.05, 0) is 29.8 Å². The number of carbonyl (C=O) groups is 1. The fourth-order valence-corrected chi connectivity index (χ4v) is 3.13. The minimum absolute atomic E-state index is 0.325. The summed E-state index contributed by atoms with van der Waals surface area (Å²) < 4.78 is 33.4. The van der Waals surface area contributed by atoms with Crippen LogP contribution in [0.5, 0.6) is 0 Å². The highest BCUT2D eigenvalue weighted by Crippen LogP contribution is 2.29. The first kappa shape index (κ1) is 16.2. The number of nitrogens with zero attached hydrogens (tertiary/aromatic N) is 2. The van der Waals surface area contributed by atoms with E-state index in [1.807, 2.05) is 28.8 Å². The fraction of sp³-hybridized carbons (Fsp3) is 0.100. The first-order valence-corrected chi connectivity index (χ1v) is 7.97. The van der Waals surface area contributed by atoms with Crippen LogP contribution >= 0.6 is 0 Å². The molecular weight excluding hydrogens is 338 g/mol. The summed E-state index contributed by atoms with van der Waals surface area (Å²) >= 11 is 0. The van der Waals surface area contributed by atoms with Crippen molar-refractivity contribution >= 4 is 27.9 Å². The second-order valence-corrected chi connectivity index (χ2v) is 5.94. The second-order valence-electron chi connectivity index (χ2n) is 5.94. The van der Waals surface area contributed by atoms with Crippen LogP contribution in [0.1, 0.15) is 15.9 Å². The van der Waals surface area contributed by atoms with Gasteiger partial charge in [-0.25, -0.2) is 18.6 Å². The van der Waals surface area contributed by atoms with Gasteiger partial charge in [0.05, 0.1) is 18.2 Å². The Kier molecular flexibility index (Phi) is 3.88. The predicted octanol–water partition coefficient (Wildman–Crippen LogP) is 4.30. The van der Waals surface area contributed by atoms with Gasteiger partial charge in [-0.3, -0.25) is 0 Å². The summed E-state index contributed by atoms with van der Waals surface area (Å²) in [5.74, 6) is -2.22. The van der Waals surface area contributed by atoms with Crippen molar-refractivity contribution in [3.8, 4) is 0 Å². The molecule has 0 N–H and O–H groups in total. The van der Waals surface area contributed by atoms with Crippen LogP contribution in [0, 0.1) is 11.6 Å². The van der Waals surface area contributed by atoms with Gasteiger partial charge in [-0.2, -0.15) is 0 Å². The average Bonchev–Trinajstić information content (AvgIpc) is 2.97. The standard InChI is InChI=1S/C20H14F2N2O2/c1-26-20(25)13-9-15-14-4-2-3-5-18(14)24(19(15)23-10-13)11-12-6-7-16(21)17(22)8-12/h2-10H,11H2,1H3. The number of methoxy groups -OCH3 is 1. The van der Waals surface area contributed by atoms with E-state index in [0.29, 0.717) is 23.3 Å². The van der Waals surface area contributed by atoms with Crippen molar-refractivity contribution < 1.29 is 18.3 Å². The maximum absolute atomic E-state index is 13.6. The maximum Gasteiger partial charge on any atom is 0.339 e. The Labute approximate surface area is 147 Å². The van der Waals surface area contributed by atoms with Gasteiger partial charge in [-0.15, -0.1) is 0 Å². The van der Waals surface area contributed by atoms with Crippen LogP contribution < -0.4 is 0 Å². The molecular formula is C20H14F2N2O2. The number of fused-ring (bicyclic) bond motifs is 3. The lowest BCUT2D eigenvalue weighted by atomic mass is 10.1. The summed E-state index contributed by atoms with van der Waals surface area (Å²) in [5, 5.41) is 1.72. The SMILES string of the molecule is COC(=O)c1cnc2c(c1)c1ccccc1n2Cc1ccc(F)c(F)c1. The third kappa shape index (κ3) is 2.60. The van der Waals surface area contributed by atoms with E-state index < -0.39 is 17.6 Å². The molecule has 0 spiro atoms. The van der Waals surface area contributed by atoms with E-state index in [9.17, 15) is 13.6 Å². The van der Waals surface area contributed by atoms with Crippen LogP contribution in [0.3, 0.4) is 0 Å². The van der Waals surface area contributed by atoms with Crippen LogP contribution in [0.4, 0.5) is 8.78 Å². The second kappa shape index (κ2) is 6.22. The number of benzene rings is 2. The Bertz CT molecular complexity index is 1150. The molecule has 4 aromatic rings. The monoisotopic (exact) mass is 352 g/mol. The average molecular weight is 352 g/mol. The number of esters is 1. The third-order valence-electron chi connectivity index (χ3n) is 4.35. The normalized spacial score (nSPS) is 11.2. The van der Waals surface area contributed by atoms with E-state index in [-0.39, 0.29) is 0 Å². The Morgan fingerprint density at radius 3 is 2.65 bits per heavy atom. The van der Waals surface area contributed by atoms with Gasteiger partial charge >= 0.3 is 5.97 Å². The predicted molar refractivity (Wildman–Crippen MR) is 94.0 cm³/mol. The van der Waals surface area contributed by atoms with E-state index in [0.717, 1.165) is 22.4 Å². The Balaban J connectivity index is 1.92. The summed E-state index contributed by atoms with van der Waals surface area (Å²) in [6, 6.07) is 13.2. The Morgan fingerprint density at radius 1 is 1.08 bits per heavy atom. The molecule has 6 heteroatoms. The number of hydrogen-bond donors (Lipinski definition) is 0. The lowest BCUT2D eigenvalue weighted by Gasteiger charge is -2.08. The molecule has 0 aliphatic heterocycles. The highest BCUT2D eigenvalue weighted by atomic mass is 19.2. The van der Waals surface area contributed by atoms with Crippen LogP contribution in [0.2, 0.25) is 0 Å². The maximum atomic E-state index is 13.6. The van der Waals surface area contributed by atoms with Crippen LogP contribution in [-0.4, -0.2) is 22.6 Å². The topological polar surface area (TPSA) is 44.1 Å². The highest BCUT2D eigenvalue weighted by molar-refractivity contribution is 6.08. The molecule has 0 saturated heterocycles. The van der Waals surface area contributed by atoms with Crippen molar-refractivity contribution in [3.63, 3.8) is 0 Å². The zero-order valence-electron chi connectivity index (χ0n) is 13.9. The molecule has 0 unspecified atom stereocenters. The van der Waals surface area contributed by atoms with E-state index in [4.69, 9.17) is 4.74 Å². The number of pyridine rings is 1. The van der Waals surface area contributed by atoms with Gasteiger partial charge in [0.2, 0.25) is 0 Å². The van der Waals surface area contributed by atoms with Gasteiger partial charge in [0.15, 0.2) is 11.6 Å². The molecule has 0 atom stereocenters. The molecule has 26 heavy (non-hydrogen) atoms. The van der Waals surface area contributed by atoms with Gasteiger partial charge in [-0.1, -0.05) is 24.3 Å². The lowest BCUT2D eigenvalue weighted by molar-refractivity contribution is 0.0600. The van der Waals surface area contributed by atoms with Crippen molar-refractivity contribution in [1.29, 1.82) is 0 Å². The molecule has 0 aliphatic carbocycles. The van der Waals surface area contributed by atoms with E-state index in [1.54, 1.807) is 12.1 Å². The van der Waals surface area contributed by atoms with Crippen molar-refractivity contribution in [2.24, 2.45) is 0 Å². The minimum Gasteiger partial charge on any atom is -0.465 e. The lowest BCUT2D eigenvalue weighted by Crippen LogP contribution is -2.04. The summed E-state index contributed by atoms with van der Waals surface area (Å²) in [7, 11) is 1.32.